The molecule has 0 aliphatic heterocycles. The number of carbonyl (C=O) groups excluding carboxylic acids is 2. The predicted molar refractivity (Wildman–Crippen MR) is 283 cm³/mol. The molecule has 446 valence electrons. The molecule has 0 spiro atoms. The number of rotatable bonds is 16. The molecule has 2 aliphatic rings. The van der Waals surface area contributed by atoms with Crippen molar-refractivity contribution in [2.45, 2.75) is 19.6 Å². The number of benzene rings is 5. The third-order valence-corrected chi connectivity index (χ3v) is 16.5. The maximum atomic E-state index is 14.1. The smallest absolute Gasteiger partial charge is 0.846 e. The van der Waals surface area contributed by atoms with Gasteiger partial charge in [-0.15, -0.1) is 0 Å². The summed E-state index contributed by atoms with van der Waals surface area (Å²) in [6, 6.07) is 13.4. The van der Waals surface area contributed by atoms with E-state index >= 15 is 0 Å². The van der Waals surface area contributed by atoms with Gasteiger partial charge in [0.2, 0.25) is 34.7 Å². The fraction of sp³-hybridized carbons (Fsp3) is 0. The molecule has 5 aromatic carbocycles. The summed E-state index contributed by atoms with van der Waals surface area (Å²) in [5, 5.41) is 38.2. The summed E-state index contributed by atoms with van der Waals surface area (Å²) in [4.78, 5) is 49.2. The molecule has 7 aromatic rings. The van der Waals surface area contributed by atoms with Gasteiger partial charge in [0.15, 0.2) is 11.4 Å². The Hall–Kier alpha value is -3.86. The fourth-order valence-electron chi connectivity index (χ4n) is 7.79. The third kappa shape index (κ3) is 19.7. The number of hydrazone groups is 2. The molecule has 36 nitrogen and oxygen atoms in total. The number of Topliss-reactive ketones (excluding diaryl/α,β-unsaturated/α-hetero) is 2. The largest absolute Gasteiger partial charge is 1.00 e. The Balaban J connectivity index is 0.00000368. The van der Waals surface area contributed by atoms with Crippen molar-refractivity contribution < 1.29 is 275 Å². The Kier molecular flexibility index (Phi) is 28.7. The van der Waals surface area contributed by atoms with Gasteiger partial charge in [-0.05, 0) is 96.1 Å². The van der Waals surface area contributed by atoms with Crippen LogP contribution in [0.15, 0.2) is 147 Å². The van der Waals surface area contributed by atoms with Crippen molar-refractivity contribution in [3.63, 3.8) is 0 Å². The molecule has 0 radical (unpaired) electrons. The number of nitrogens with one attached hydrogen (secondary N) is 6. The Morgan fingerprint density at radius 1 is 0.446 bits per heavy atom. The molecular formula is C44H26N14Na6O22S6. The van der Waals surface area contributed by atoms with E-state index in [1.54, 1.807) is 0 Å². The first-order chi connectivity index (χ1) is 40.0. The van der Waals surface area contributed by atoms with Gasteiger partial charge in [-0.1, -0.05) is 24.3 Å². The topological polar surface area (TPSA) is 598 Å². The molecule has 48 heteroatoms. The molecule has 0 atom stereocenters. The number of aromatic amines is 2. The first kappa shape index (κ1) is 82.4. The summed E-state index contributed by atoms with van der Waals surface area (Å²) in [5.41, 5.74) is -5.00. The van der Waals surface area contributed by atoms with E-state index < -0.39 is 193 Å². The van der Waals surface area contributed by atoms with E-state index in [9.17, 15) is 97.6 Å². The number of anilines is 6. The first-order valence-corrected chi connectivity index (χ1v) is 31.1. The van der Waals surface area contributed by atoms with E-state index in [-0.39, 0.29) is 189 Å². The summed E-state index contributed by atoms with van der Waals surface area (Å²) >= 11 is 0. The minimum atomic E-state index is -5.46. The monoisotopic (exact) mass is 1430 g/mol. The average Bonchev–Trinajstić information content (AvgIpc) is 0.867. The van der Waals surface area contributed by atoms with Gasteiger partial charge in [0, 0.05) is 11.4 Å². The van der Waals surface area contributed by atoms with Gasteiger partial charge in [0.25, 0.3) is 20.2 Å². The first-order valence-electron chi connectivity index (χ1n) is 22.6. The van der Waals surface area contributed by atoms with Crippen molar-refractivity contribution in [1.29, 1.82) is 0 Å². The summed E-state index contributed by atoms with van der Waals surface area (Å²) in [6.07, 6.45) is 1.03. The van der Waals surface area contributed by atoms with Crippen LogP contribution in [0.2, 0.25) is 0 Å². The van der Waals surface area contributed by atoms with Crippen LogP contribution in [0.3, 0.4) is 0 Å². The molecule has 2 aliphatic carbocycles. The van der Waals surface area contributed by atoms with E-state index in [2.05, 4.69) is 71.6 Å². The normalized spacial score (nSPS) is 14.4. The van der Waals surface area contributed by atoms with Crippen molar-refractivity contribution in [3.8, 4) is 12.0 Å². The Bertz CT molecular complexity index is 4840. The van der Waals surface area contributed by atoms with Crippen molar-refractivity contribution in [1.82, 2.24) is 29.9 Å². The summed E-state index contributed by atoms with van der Waals surface area (Å²) < 4.78 is 215. The number of hydrogen-bond acceptors (Lipinski definition) is 32. The zero-order valence-corrected chi connectivity index (χ0v) is 64.4. The Morgan fingerprint density at radius 2 is 0.772 bits per heavy atom. The van der Waals surface area contributed by atoms with Crippen molar-refractivity contribution >= 4 is 142 Å². The fourth-order valence-corrected chi connectivity index (χ4v) is 11.4. The number of fused-ring (bicyclic) bond motifs is 2. The van der Waals surface area contributed by atoms with Crippen LogP contribution in [-0.4, -0.2) is 131 Å². The molecule has 0 saturated carbocycles. The molecule has 92 heavy (non-hydrogen) atoms. The number of aromatic nitrogens is 6. The quantitative estimate of drug-likeness (QED) is 0.0253. The number of para-hydroxylation sites is 2. The minimum Gasteiger partial charge on any atom is -0.846 e. The number of H-pyrrole nitrogens is 2. The SMILES string of the molecule is O=C1/C(=N/Nc2ccccc2S(=O)(=O)[O-])C(S(=O)(=O)O)=Cc2cc(S(=O)(=O)[O-])cc(N=c3nc(Nc4ccc(Nc5nc([O-])[nH]c(=Nc6cc(S(=O)(=O)[O-])cc7c6C(=O)/C(=N/Nc6ccccc6S(=O)(=O)[O-])C(S(=O)(=O)O)=C7)n5)cc4)nc([O-])[nH]3)c21.[Na+].[Na+].[Na+].[Na+].[Na+].[Na+]. The number of hydrogen-bond donors (Lipinski definition) is 8. The second-order valence-corrected chi connectivity index (χ2v) is 25.3. The molecule has 8 N–H and O–H groups in total. The Labute approximate surface area is 651 Å². The predicted octanol–water partition coefficient (Wildman–Crippen LogP) is -18.6. The van der Waals surface area contributed by atoms with Crippen LogP contribution in [0.5, 0.6) is 12.0 Å². The standard InChI is InChI=1S/C44H32N14O22S6.6Na/c59-37-33-19(15-31(85(75,76)77)35(37)57-55-25-5-1-3-7-29(25)83(69,70)71)13-23(81(63,64)65)17-27(33)47-41-49-39(51-43(61)53-41)45-21-9-11-22(12-10-21)46-40-50-42(54-44(62)52-40)48-28-18-24(82(66,67)68)14-20-16-32(86(78,79)80)36(38(60)34(20)28)58-56-26-6-2-4-8-30(26)84(72,73)74;;;;;;/h1-18,55-56H,(H,63,64,65)(H,66,67,68)(H,69,70,71)(H,72,73,74)(H,75,76,77)(H,78,79,80)(H3,45,47,49,51,53,61)(H3,46,48,50,52,54,62);;;;;;/q;6*+1/p-6/b57-35+,58-36+;;;;;;. The molecular weight excluding hydrogens is 1410 g/mol. The van der Waals surface area contributed by atoms with Crippen LogP contribution >= 0.6 is 0 Å². The van der Waals surface area contributed by atoms with Gasteiger partial charge in [0.05, 0.1) is 65.5 Å². The molecule has 0 saturated heterocycles. The van der Waals surface area contributed by atoms with Crippen molar-refractivity contribution in [2.75, 3.05) is 21.5 Å². The number of nitrogens with zero attached hydrogens (tertiary/aromatic N) is 8. The van der Waals surface area contributed by atoms with Crippen LogP contribution in [-0.2, 0) is 60.7 Å². The third-order valence-electron chi connectivity index (χ3n) is 11.3. The van der Waals surface area contributed by atoms with Gasteiger partial charge in [-0.3, -0.25) is 29.5 Å². The number of carbonyl (C=O) groups is 2. The number of ketones is 2. The van der Waals surface area contributed by atoms with Gasteiger partial charge in [-0.25, -0.2) is 53.6 Å². The van der Waals surface area contributed by atoms with E-state index in [1.165, 1.54) is 36.4 Å². The zero-order valence-electron chi connectivity index (χ0n) is 47.5. The van der Waals surface area contributed by atoms with Crippen LogP contribution < -0.4 is 220 Å². The van der Waals surface area contributed by atoms with E-state index in [1.807, 2.05) is 0 Å². The second kappa shape index (κ2) is 32.0. The summed E-state index contributed by atoms with van der Waals surface area (Å²) in [6.45, 7) is 0. The van der Waals surface area contributed by atoms with Crippen LogP contribution in [0.25, 0.3) is 12.2 Å². The molecule has 2 aromatic heterocycles. The van der Waals surface area contributed by atoms with Crippen LogP contribution in [0.1, 0.15) is 31.8 Å². The molecule has 9 rings (SSSR count). The Morgan fingerprint density at radius 3 is 1.08 bits per heavy atom. The average molecular weight is 1430 g/mol. The summed E-state index contributed by atoms with van der Waals surface area (Å²) in [5.74, 6) is -4.03. The van der Waals surface area contributed by atoms with E-state index in [4.69, 9.17) is 0 Å². The van der Waals surface area contributed by atoms with Crippen molar-refractivity contribution in [3.05, 3.63) is 140 Å². The minimum absolute atomic E-state index is 0. The molecule has 0 fully saturated rings. The van der Waals surface area contributed by atoms with Gasteiger partial charge < -0.3 is 49.0 Å². The van der Waals surface area contributed by atoms with Gasteiger partial charge in [-0.2, -0.15) is 37.0 Å². The second-order valence-electron chi connectivity index (χ2n) is 17.0. The maximum absolute atomic E-state index is 14.1. The van der Waals surface area contributed by atoms with Gasteiger partial charge >= 0.3 is 177 Å². The van der Waals surface area contributed by atoms with E-state index in [0.717, 1.165) is 36.4 Å². The maximum Gasteiger partial charge on any atom is 1.00 e. The van der Waals surface area contributed by atoms with E-state index in [0.29, 0.717) is 36.4 Å². The summed E-state index contributed by atoms with van der Waals surface area (Å²) in [7, 11) is -32.2. The van der Waals surface area contributed by atoms with Gasteiger partial charge in [0.1, 0.15) is 50.3 Å². The molecule has 0 amide bonds. The van der Waals surface area contributed by atoms with Crippen molar-refractivity contribution in [2.24, 2.45) is 20.2 Å². The zero-order chi connectivity index (χ0) is 62.6. The molecule has 0 bridgehead atoms. The van der Waals surface area contributed by atoms with Crippen LogP contribution in [0.4, 0.5) is 46.0 Å². The molecule has 0 unspecified atom stereocenters. The number of allylic oxidation sites excluding steroid dienone is 2. The molecule has 2 heterocycles. The van der Waals surface area contributed by atoms with Crippen LogP contribution in [0, 0.1) is 0 Å².